The number of aliphatic hydroxyl groups is 1. The lowest BCUT2D eigenvalue weighted by Gasteiger charge is -2.19. The lowest BCUT2D eigenvalue weighted by atomic mass is 10.5. The third-order valence-electron chi connectivity index (χ3n) is 1.19. The smallest absolute Gasteiger partial charge is 0.339 e. The second-order valence-corrected chi connectivity index (χ2v) is 4.01. The molecule has 0 atom stereocenters. The van der Waals surface area contributed by atoms with E-state index in [9.17, 15) is 4.57 Å². The van der Waals surface area contributed by atoms with Gasteiger partial charge < -0.3 is 14.9 Å². The molecule has 0 heterocycles. The van der Waals surface area contributed by atoms with Gasteiger partial charge in [-0.2, -0.15) is 0 Å². The molecule has 72 valence electrons. The van der Waals surface area contributed by atoms with Crippen molar-refractivity contribution in [3.05, 3.63) is 12.7 Å². The minimum Gasteiger partial charge on any atom is -0.395 e. The SMILES string of the molecule is C=CCN(CCO)CP(=O)(O)O. The molecule has 0 aliphatic rings. The van der Waals surface area contributed by atoms with Crippen molar-refractivity contribution in [2.24, 2.45) is 0 Å². The minimum atomic E-state index is -4.01. The van der Waals surface area contributed by atoms with Crippen LogP contribution in [0, 0.1) is 0 Å². The highest BCUT2D eigenvalue weighted by atomic mass is 31.2. The van der Waals surface area contributed by atoms with E-state index in [4.69, 9.17) is 14.9 Å². The van der Waals surface area contributed by atoms with E-state index in [1.54, 1.807) is 0 Å². The fourth-order valence-corrected chi connectivity index (χ4v) is 1.58. The predicted molar refractivity (Wildman–Crippen MR) is 45.8 cm³/mol. The molecule has 0 saturated heterocycles. The summed E-state index contributed by atoms with van der Waals surface area (Å²) in [7, 11) is -4.01. The second kappa shape index (κ2) is 5.45. The summed E-state index contributed by atoms with van der Waals surface area (Å²) in [6.45, 7) is 3.93. The van der Waals surface area contributed by atoms with Crippen LogP contribution in [0.4, 0.5) is 0 Å². The highest BCUT2D eigenvalue weighted by Crippen LogP contribution is 2.34. The molecule has 0 aromatic rings. The number of hydrogen-bond acceptors (Lipinski definition) is 3. The maximum Gasteiger partial charge on any atom is 0.339 e. The predicted octanol–water partition coefficient (Wildman–Crippen LogP) is -0.398. The highest BCUT2D eigenvalue weighted by molar-refractivity contribution is 7.51. The van der Waals surface area contributed by atoms with Crippen molar-refractivity contribution in [3.8, 4) is 0 Å². The Kier molecular flexibility index (Phi) is 5.37. The first-order valence-electron chi connectivity index (χ1n) is 3.48. The molecule has 0 radical (unpaired) electrons. The van der Waals surface area contributed by atoms with Crippen molar-refractivity contribution in [3.63, 3.8) is 0 Å². The van der Waals surface area contributed by atoms with Crippen LogP contribution < -0.4 is 0 Å². The zero-order valence-corrected chi connectivity index (χ0v) is 7.65. The Morgan fingerprint density at radius 1 is 1.50 bits per heavy atom. The zero-order valence-electron chi connectivity index (χ0n) is 6.76. The molecule has 6 heteroatoms. The third-order valence-corrected chi connectivity index (χ3v) is 1.96. The van der Waals surface area contributed by atoms with Gasteiger partial charge in [0.2, 0.25) is 0 Å². The molecular formula is C6H14NO4P. The van der Waals surface area contributed by atoms with Crippen LogP contribution >= 0.6 is 7.60 Å². The molecule has 12 heavy (non-hydrogen) atoms. The molecular weight excluding hydrogens is 181 g/mol. The van der Waals surface area contributed by atoms with Crippen molar-refractivity contribution in [2.45, 2.75) is 0 Å². The van der Waals surface area contributed by atoms with Gasteiger partial charge >= 0.3 is 7.60 Å². The van der Waals surface area contributed by atoms with Crippen molar-refractivity contribution in [2.75, 3.05) is 26.0 Å². The summed E-state index contributed by atoms with van der Waals surface area (Å²) in [4.78, 5) is 18.6. The largest absolute Gasteiger partial charge is 0.395 e. The van der Waals surface area contributed by atoms with E-state index >= 15 is 0 Å². The summed E-state index contributed by atoms with van der Waals surface area (Å²) < 4.78 is 10.5. The van der Waals surface area contributed by atoms with Crippen LogP contribution in [0.5, 0.6) is 0 Å². The van der Waals surface area contributed by atoms with E-state index in [1.165, 1.54) is 11.0 Å². The van der Waals surface area contributed by atoms with Crippen LogP contribution in [-0.2, 0) is 4.57 Å². The molecule has 0 saturated carbocycles. The molecule has 0 aromatic heterocycles. The molecule has 0 aliphatic heterocycles. The van der Waals surface area contributed by atoms with Gasteiger partial charge in [0.05, 0.1) is 6.61 Å². The number of nitrogens with zero attached hydrogens (tertiary/aromatic N) is 1. The molecule has 0 unspecified atom stereocenters. The number of aliphatic hydroxyl groups excluding tert-OH is 1. The first kappa shape index (κ1) is 11.8. The lowest BCUT2D eigenvalue weighted by molar-refractivity contribution is 0.216. The summed E-state index contributed by atoms with van der Waals surface area (Å²) in [6.07, 6.45) is 1.20. The fourth-order valence-electron chi connectivity index (χ4n) is 0.804. The summed E-state index contributed by atoms with van der Waals surface area (Å²) >= 11 is 0. The van der Waals surface area contributed by atoms with Gasteiger partial charge in [0.25, 0.3) is 0 Å². The van der Waals surface area contributed by atoms with E-state index in [2.05, 4.69) is 6.58 Å². The Hall–Kier alpha value is -0.190. The molecule has 0 rings (SSSR count). The first-order valence-corrected chi connectivity index (χ1v) is 5.28. The molecule has 0 amide bonds. The van der Waals surface area contributed by atoms with Crippen molar-refractivity contribution in [1.29, 1.82) is 0 Å². The molecule has 0 bridgehead atoms. The topological polar surface area (TPSA) is 81.0 Å². The van der Waals surface area contributed by atoms with Gasteiger partial charge in [0.15, 0.2) is 0 Å². The standard InChI is InChI=1S/C6H14NO4P/c1-2-3-7(4-5-8)6-12(9,10)11/h2,8H,1,3-6H2,(H2,9,10,11). The zero-order chi connectivity index (χ0) is 9.61. The summed E-state index contributed by atoms with van der Waals surface area (Å²) in [6, 6.07) is 0. The van der Waals surface area contributed by atoms with E-state index in [1.807, 2.05) is 0 Å². The van der Waals surface area contributed by atoms with Gasteiger partial charge in [0, 0.05) is 13.1 Å². The maximum absolute atomic E-state index is 10.5. The van der Waals surface area contributed by atoms with Gasteiger partial charge in [-0.1, -0.05) is 6.08 Å². The van der Waals surface area contributed by atoms with Gasteiger partial charge in [0.1, 0.15) is 6.29 Å². The van der Waals surface area contributed by atoms with E-state index < -0.39 is 7.60 Å². The quantitative estimate of drug-likeness (QED) is 0.397. The normalized spacial score (nSPS) is 12.0. The Morgan fingerprint density at radius 3 is 2.42 bits per heavy atom. The maximum atomic E-state index is 10.5. The lowest BCUT2D eigenvalue weighted by Crippen LogP contribution is -2.28. The van der Waals surface area contributed by atoms with Crippen molar-refractivity contribution >= 4 is 7.60 Å². The van der Waals surface area contributed by atoms with E-state index in [-0.39, 0.29) is 19.4 Å². The van der Waals surface area contributed by atoms with Gasteiger partial charge in [-0.3, -0.25) is 9.46 Å². The average Bonchev–Trinajstić information content (AvgIpc) is 1.84. The molecule has 0 spiro atoms. The Bertz CT molecular complexity index is 178. The summed E-state index contributed by atoms with van der Waals surface area (Å²) in [5.74, 6) is 0. The van der Waals surface area contributed by atoms with Crippen LogP contribution in [0.1, 0.15) is 0 Å². The van der Waals surface area contributed by atoms with Crippen LogP contribution in [-0.4, -0.2) is 45.8 Å². The van der Waals surface area contributed by atoms with Crippen LogP contribution in [0.15, 0.2) is 12.7 Å². The van der Waals surface area contributed by atoms with Crippen LogP contribution in [0.3, 0.4) is 0 Å². The molecule has 3 N–H and O–H groups in total. The van der Waals surface area contributed by atoms with E-state index in [0.29, 0.717) is 6.54 Å². The Morgan fingerprint density at radius 2 is 2.08 bits per heavy atom. The van der Waals surface area contributed by atoms with E-state index in [0.717, 1.165) is 0 Å². The average molecular weight is 195 g/mol. The van der Waals surface area contributed by atoms with Gasteiger partial charge in [-0.15, -0.1) is 6.58 Å². The first-order chi connectivity index (χ1) is 5.49. The Labute approximate surface area is 71.5 Å². The van der Waals surface area contributed by atoms with Crippen molar-refractivity contribution in [1.82, 2.24) is 4.90 Å². The number of rotatable bonds is 6. The Balaban J connectivity index is 3.94. The second-order valence-electron chi connectivity index (χ2n) is 2.40. The molecule has 0 aliphatic carbocycles. The summed E-state index contributed by atoms with van der Waals surface area (Å²) in [5, 5.41) is 8.53. The molecule has 0 aromatic carbocycles. The monoisotopic (exact) mass is 195 g/mol. The van der Waals surface area contributed by atoms with Crippen LogP contribution in [0.25, 0.3) is 0 Å². The molecule has 0 fully saturated rings. The van der Waals surface area contributed by atoms with Crippen molar-refractivity contribution < 1.29 is 19.5 Å². The fraction of sp³-hybridized carbons (Fsp3) is 0.667. The van der Waals surface area contributed by atoms with Gasteiger partial charge in [-0.25, -0.2) is 0 Å². The van der Waals surface area contributed by atoms with Crippen LogP contribution in [0.2, 0.25) is 0 Å². The van der Waals surface area contributed by atoms with Gasteiger partial charge in [-0.05, 0) is 0 Å². The number of hydrogen-bond donors (Lipinski definition) is 3. The minimum absolute atomic E-state index is 0.117. The highest BCUT2D eigenvalue weighted by Gasteiger charge is 2.17. The summed E-state index contributed by atoms with van der Waals surface area (Å²) in [5.41, 5.74) is 0. The molecule has 5 nitrogen and oxygen atoms in total. The third kappa shape index (κ3) is 6.52.